The number of rotatable bonds is 11. The average Bonchev–Trinajstić information content (AvgIpc) is 2.98. The number of methoxy groups -OCH3 is 2. The maximum absolute atomic E-state index is 13.1. The Morgan fingerprint density at radius 1 is 1.05 bits per heavy atom. The molecule has 2 atom stereocenters. The molecule has 0 bridgehead atoms. The van der Waals surface area contributed by atoms with Crippen molar-refractivity contribution in [2.75, 3.05) is 43.8 Å². The first kappa shape index (κ1) is 28.9. The quantitative estimate of drug-likeness (QED) is 0.350. The minimum atomic E-state index is -0.344. The molecule has 0 saturated carbocycles. The lowest BCUT2D eigenvalue weighted by atomic mass is 9.88. The van der Waals surface area contributed by atoms with Crippen LogP contribution in [0.4, 0.5) is 16.4 Å². The molecule has 0 radical (unpaired) electrons. The molecular formula is C30H38N4O6. The molecule has 40 heavy (non-hydrogen) atoms. The summed E-state index contributed by atoms with van der Waals surface area (Å²) in [5.41, 5.74) is 3.86. The van der Waals surface area contributed by atoms with Crippen LogP contribution in [0.1, 0.15) is 49.4 Å². The van der Waals surface area contributed by atoms with Crippen LogP contribution in [-0.2, 0) is 11.3 Å². The lowest BCUT2D eigenvalue weighted by Gasteiger charge is -2.44. The van der Waals surface area contributed by atoms with E-state index in [4.69, 9.17) is 24.1 Å². The molecule has 1 aliphatic rings. The van der Waals surface area contributed by atoms with E-state index in [0.717, 1.165) is 28.8 Å². The van der Waals surface area contributed by atoms with Gasteiger partial charge in [0.15, 0.2) is 5.75 Å². The van der Waals surface area contributed by atoms with Crippen LogP contribution in [0.5, 0.6) is 17.2 Å². The van der Waals surface area contributed by atoms with E-state index in [1.54, 1.807) is 31.5 Å². The Kier molecular flexibility index (Phi) is 9.65. The largest absolute Gasteiger partial charge is 0.497 e. The fourth-order valence-electron chi connectivity index (χ4n) is 5.10. The summed E-state index contributed by atoms with van der Waals surface area (Å²) in [4.78, 5) is 26.4. The van der Waals surface area contributed by atoms with Gasteiger partial charge in [0.2, 0.25) is 5.95 Å². The number of amides is 1. The van der Waals surface area contributed by atoms with E-state index in [1.807, 2.05) is 44.2 Å². The molecule has 1 N–H and O–H groups in total. The van der Waals surface area contributed by atoms with E-state index in [2.05, 4.69) is 27.9 Å². The highest BCUT2D eigenvalue weighted by Gasteiger charge is 2.39. The molecule has 0 unspecified atom stereocenters. The first-order chi connectivity index (χ1) is 19.4. The van der Waals surface area contributed by atoms with Crippen molar-refractivity contribution in [3.63, 3.8) is 0 Å². The third kappa shape index (κ3) is 6.39. The second kappa shape index (κ2) is 13.3. The summed E-state index contributed by atoms with van der Waals surface area (Å²) in [6.45, 7) is 6.76. The molecule has 2 heterocycles. The highest BCUT2D eigenvalue weighted by molar-refractivity contribution is 5.90. The second-order valence-corrected chi connectivity index (χ2v) is 9.58. The number of aliphatic hydroxyl groups excluding tert-OH is 1. The summed E-state index contributed by atoms with van der Waals surface area (Å²) in [6.07, 6.45) is 4.28. The predicted molar refractivity (Wildman–Crippen MR) is 152 cm³/mol. The zero-order valence-corrected chi connectivity index (χ0v) is 23.8. The molecule has 1 aliphatic heterocycles. The number of aryl methyl sites for hydroxylation is 1. The molecule has 2 aromatic carbocycles. The van der Waals surface area contributed by atoms with Crippen molar-refractivity contribution in [3.05, 3.63) is 65.5 Å². The highest BCUT2D eigenvalue weighted by atomic mass is 16.6. The third-order valence-corrected chi connectivity index (χ3v) is 6.97. The van der Waals surface area contributed by atoms with Crippen molar-refractivity contribution < 1.29 is 28.8 Å². The molecular weight excluding hydrogens is 512 g/mol. The first-order valence-corrected chi connectivity index (χ1v) is 13.5. The SMILES string of the molecule is CCOC(=O)N1c2ccc(C)cc2[C@@H](N(Cc2cc(OC)cc(OC)c2)c2ncc(OCCO)cn2)C[C@H]1CC. The van der Waals surface area contributed by atoms with E-state index in [-0.39, 0.29) is 31.4 Å². The van der Waals surface area contributed by atoms with Gasteiger partial charge in [-0.3, -0.25) is 4.90 Å². The molecule has 3 aromatic rings. The number of aromatic nitrogens is 2. The highest BCUT2D eigenvalue weighted by Crippen LogP contribution is 2.44. The van der Waals surface area contributed by atoms with Gasteiger partial charge in [-0.15, -0.1) is 0 Å². The summed E-state index contributed by atoms with van der Waals surface area (Å²) in [7, 11) is 3.25. The summed E-state index contributed by atoms with van der Waals surface area (Å²) in [5.74, 6) is 2.35. The predicted octanol–water partition coefficient (Wildman–Crippen LogP) is 5.07. The van der Waals surface area contributed by atoms with Crippen molar-refractivity contribution >= 4 is 17.7 Å². The van der Waals surface area contributed by atoms with Crippen LogP contribution in [0.2, 0.25) is 0 Å². The number of carbonyl (C=O) groups excluding carboxylic acids is 1. The molecule has 1 amide bonds. The van der Waals surface area contributed by atoms with E-state index in [0.29, 0.717) is 42.8 Å². The van der Waals surface area contributed by atoms with Gasteiger partial charge in [-0.1, -0.05) is 24.6 Å². The van der Waals surface area contributed by atoms with Gasteiger partial charge in [0, 0.05) is 18.7 Å². The second-order valence-electron chi connectivity index (χ2n) is 9.58. The summed E-state index contributed by atoms with van der Waals surface area (Å²) in [6, 6.07) is 11.7. The van der Waals surface area contributed by atoms with Gasteiger partial charge in [0.05, 0.1) is 51.6 Å². The number of carbonyl (C=O) groups is 1. The maximum Gasteiger partial charge on any atom is 0.414 e. The standard InChI is InChI=1S/C30H38N4O6/c1-6-22-15-28(26-12-20(3)8-9-27(26)34(22)30(36)39-7-2)33(29-31-17-25(18-32-29)40-11-10-35)19-21-13-23(37-4)16-24(14-21)38-5/h8-9,12-14,16-18,22,28,35H,6-7,10-11,15,19H2,1-5H3/t22-,28+/m1/s1. The molecule has 0 spiro atoms. The monoisotopic (exact) mass is 550 g/mol. The lowest BCUT2D eigenvalue weighted by Crippen LogP contribution is -2.48. The van der Waals surface area contributed by atoms with E-state index < -0.39 is 0 Å². The third-order valence-electron chi connectivity index (χ3n) is 6.97. The topological polar surface area (TPSA) is 106 Å². The molecule has 0 saturated heterocycles. The molecule has 214 valence electrons. The van der Waals surface area contributed by atoms with Crippen LogP contribution in [0.15, 0.2) is 48.8 Å². The molecule has 4 rings (SSSR count). The Labute approximate surface area is 235 Å². The molecule has 0 aliphatic carbocycles. The van der Waals surface area contributed by atoms with Gasteiger partial charge in [0.25, 0.3) is 0 Å². The number of hydrogen-bond donors (Lipinski definition) is 1. The lowest BCUT2D eigenvalue weighted by molar-refractivity contribution is 0.155. The minimum Gasteiger partial charge on any atom is -0.497 e. The smallest absolute Gasteiger partial charge is 0.414 e. The van der Waals surface area contributed by atoms with Crippen molar-refractivity contribution in [1.29, 1.82) is 0 Å². The van der Waals surface area contributed by atoms with Gasteiger partial charge in [-0.05, 0) is 56.0 Å². The van der Waals surface area contributed by atoms with Gasteiger partial charge in [0.1, 0.15) is 18.1 Å². The first-order valence-electron chi connectivity index (χ1n) is 13.5. The fourth-order valence-corrected chi connectivity index (χ4v) is 5.10. The Morgan fingerprint density at radius 3 is 2.35 bits per heavy atom. The Balaban J connectivity index is 1.83. The Morgan fingerprint density at radius 2 is 1.75 bits per heavy atom. The van der Waals surface area contributed by atoms with E-state index in [9.17, 15) is 4.79 Å². The van der Waals surface area contributed by atoms with Crippen LogP contribution in [0.25, 0.3) is 0 Å². The summed E-state index contributed by atoms with van der Waals surface area (Å²) >= 11 is 0. The maximum atomic E-state index is 13.1. The van der Waals surface area contributed by atoms with Crippen molar-refractivity contribution in [2.24, 2.45) is 0 Å². The number of nitrogens with zero attached hydrogens (tertiary/aromatic N) is 4. The van der Waals surface area contributed by atoms with Gasteiger partial charge in [-0.25, -0.2) is 14.8 Å². The number of ether oxygens (including phenoxy) is 4. The summed E-state index contributed by atoms with van der Waals surface area (Å²) < 4.78 is 22.0. The molecule has 10 heteroatoms. The number of aliphatic hydroxyl groups is 1. The van der Waals surface area contributed by atoms with Crippen molar-refractivity contribution in [3.8, 4) is 17.2 Å². The van der Waals surface area contributed by atoms with Crippen LogP contribution >= 0.6 is 0 Å². The van der Waals surface area contributed by atoms with E-state index >= 15 is 0 Å². The number of benzene rings is 2. The van der Waals surface area contributed by atoms with Crippen LogP contribution < -0.4 is 24.0 Å². The van der Waals surface area contributed by atoms with Crippen LogP contribution in [0, 0.1) is 6.92 Å². The fraction of sp³-hybridized carbons (Fsp3) is 0.433. The molecule has 1 aromatic heterocycles. The Hall–Kier alpha value is -4.05. The minimum absolute atomic E-state index is 0.0891. The van der Waals surface area contributed by atoms with Crippen LogP contribution in [-0.4, -0.2) is 61.2 Å². The zero-order valence-electron chi connectivity index (χ0n) is 23.8. The Bertz CT molecular complexity index is 1260. The van der Waals surface area contributed by atoms with Gasteiger partial charge < -0.3 is 29.0 Å². The van der Waals surface area contributed by atoms with Crippen LogP contribution in [0.3, 0.4) is 0 Å². The van der Waals surface area contributed by atoms with E-state index in [1.165, 1.54) is 0 Å². The summed E-state index contributed by atoms with van der Waals surface area (Å²) in [5, 5.41) is 9.12. The number of anilines is 2. The molecule has 0 fully saturated rings. The van der Waals surface area contributed by atoms with Gasteiger partial charge in [-0.2, -0.15) is 0 Å². The number of fused-ring (bicyclic) bond motifs is 1. The zero-order chi connectivity index (χ0) is 28.6. The normalized spacial score (nSPS) is 16.2. The van der Waals surface area contributed by atoms with Crippen molar-refractivity contribution in [2.45, 2.75) is 52.2 Å². The molecule has 10 nitrogen and oxygen atoms in total. The number of hydrogen-bond acceptors (Lipinski definition) is 9. The average molecular weight is 551 g/mol. The van der Waals surface area contributed by atoms with Crippen molar-refractivity contribution in [1.82, 2.24) is 9.97 Å². The van der Waals surface area contributed by atoms with Gasteiger partial charge >= 0.3 is 6.09 Å².